The third-order valence-corrected chi connectivity index (χ3v) is 7.70. The zero-order valence-corrected chi connectivity index (χ0v) is 25.8. The number of rotatable bonds is 4. The first-order valence-electron chi connectivity index (χ1n) is 14.8. The number of amides is 3. The van der Waals surface area contributed by atoms with Crippen LogP contribution < -0.4 is 25.7 Å². The number of nitrogens with one attached hydrogen (secondary N) is 2. The molecule has 0 aliphatic carbocycles. The van der Waals surface area contributed by atoms with E-state index in [9.17, 15) is 19.2 Å². The maximum absolute atomic E-state index is 13.7. The van der Waals surface area contributed by atoms with Gasteiger partial charge in [0.2, 0.25) is 17.7 Å². The highest BCUT2D eigenvalue weighted by Gasteiger charge is 2.27. The molecule has 2 aromatic carbocycles. The minimum Gasteiger partial charge on any atom is -0.493 e. The Bertz CT molecular complexity index is 1780. The van der Waals surface area contributed by atoms with Crippen LogP contribution in [0.2, 0.25) is 0 Å². The number of aryl methyl sites for hydroxylation is 1. The predicted molar refractivity (Wildman–Crippen MR) is 167 cm³/mol. The van der Waals surface area contributed by atoms with Crippen LogP contribution in [0, 0.1) is 12.8 Å². The van der Waals surface area contributed by atoms with Gasteiger partial charge in [0.05, 0.1) is 31.3 Å². The summed E-state index contributed by atoms with van der Waals surface area (Å²) < 4.78 is 14.6. The lowest BCUT2D eigenvalue weighted by Gasteiger charge is -2.26. The number of nitrogens with zero attached hydrogens (tertiary/aromatic N) is 5. The van der Waals surface area contributed by atoms with Crippen LogP contribution in [-0.4, -0.2) is 81.3 Å². The van der Waals surface area contributed by atoms with Gasteiger partial charge in [0, 0.05) is 36.4 Å². The molecule has 2 aromatic heterocycles. The Labute approximate surface area is 260 Å². The van der Waals surface area contributed by atoms with E-state index in [1.807, 2.05) is 36.7 Å². The van der Waals surface area contributed by atoms with Crippen LogP contribution in [0.4, 0.5) is 0 Å². The van der Waals surface area contributed by atoms with Crippen molar-refractivity contribution >= 4 is 28.5 Å². The average Bonchev–Trinajstić information content (AvgIpc) is 3.49. The Balaban J connectivity index is 1.46. The van der Waals surface area contributed by atoms with E-state index in [4.69, 9.17) is 9.47 Å². The molecule has 0 unspecified atom stereocenters. The van der Waals surface area contributed by atoms with Crippen molar-refractivity contribution in [3.8, 4) is 22.9 Å². The first-order chi connectivity index (χ1) is 21.7. The minimum absolute atomic E-state index is 0.00805. The van der Waals surface area contributed by atoms with Crippen molar-refractivity contribution in [2.75, 3.05) is 33.4 Å². The van der Waals surface area contributed by atoms with Crippen LogP contribution in [0.1, 0.15) is 19.5 Å². The van der Waals surface area contributed by atoms with Gasteiger partial charge in [-0.15, -0.1) is 0 Å². The van der Waals surface area contributed by atoms with Crippen LogP contribution in [0.3, 0.4) is 0 Å². The number of hydrogen-bond acceptors (Lipinski definition) is 8. The highest BCUT2D eigenvalue weighted by Crippen LogP contribution is 2.32. The number of carbonyl (C=O) groups is 3. The fraction of sp³-hybridized carbons (Fsp3) is 0.375. The lowest BCUT2D eigenvalue weighted by atomic mass is 10.0. The lowest BCUT2D eigenvalue weighted by molar-refractivity contribution is -0.138. The normalized spacial score (nSPS) is 16.4. The monoisotopic (exact) mass is 615 g/mol. The van der Waals surface area contributed by atoms with Gasteiger partial charge in [-0.3, -0.25) is 19.2 Å². The van der Waals surface area contributed by atoms with E-state index in [1.54, 1.807) is 43.5 Å². The van der Waals surface area contributed by atoms with Crippen molar-refractivity contribution < 1.29 is 23.9 Å². The van der Waals surface area contributed by atoms with Gasteiger partial charge >= 0.3 is 0 Å². The number of ether oxygens (including phenoxy) is 2. The van der Waals surface area contributed by atoms with Crippen molar-refractivity contribution in [3.05, 3.63) is 70.9 Å². The standard InChI is InChI=1S/C32H37N7O6/c1-20(2)29-31(42)34-12-14-37-13-11-33-30(37)22-9-10-25(44-4)26(17-22)45-16-15-38(18-27(40)35-29)28(41)19-39-32(43)24-8-6-5-7-23(24)21(3)36-39/h5-11,13,17,20,29H,12,14-16,18-19H2,1-4H3,(H,34,42)(H,35,40)/t29-/m1/s1. The molecule has 13 nitrogen and oxygen atoms in total. The summed E-state index contributed by atoms with van der Waals surface area (Å²) in [5.74, 6) is 0.0125. The van der Waals surface area contributed by atoms with Crippen LogP contribution in [0.25, 0.3) is 22.2 Å². The van der Waals surface area contributed by atoms with Gasteiger partial charge < -0.3 is 29.6 Å². The molecule has 0 spiro atoms. The number of benzene rings is 2. The molecular weight excluding hydrogens is 578 g/mol. The summed E-state index contributed by atoms with van der Waals surface area (Å²) in [5.41, 5.74) is 0.960. The number of aromatic nitrogens is 4. The fourth-order valence-electron chi connectivity index (χ4n) is 5.31. The van der Waals surface area contributed by atoms with E-state index in [1.165, 1.54) is 12.0 Å². The number of methoxy groups -OCH3 is 1. The number of imidazole rings is 1. The van der Waals surface area contributed by atoms with Crippen molar-refractivity contribution in [2.24, 2.45) is 5.92 Å². The van der Waals surface area contributed by atoms with E-state index >= 15 is 0 Å². The third-order valence-electron chi connectivity index (χ3n) is 7.70. The zero-order valence-electron chi connectivity index (χ0n) is 25.8. The summed E-state index contributed by atoms with van der Waals surface area (Å²) in [7, 11) is 1.53. The van der Waals surface area contributed by atoms with E-state index in [0.29, 0.717) is 46.9 Å². The Morgan fingerprint density at radius 3 is 2.64 bits per heavy atom. The minimum atomic E-state index is -0.824. The summed E-state index contributed by atoms with van der Waals surface area (Å²) in [6.45, 7) is 5.47. The molecule has 1 aliphatic rings. The first kappa shape index (κ1) is 31.2. The summed E-state index contributed by atoms with van der Waals surface area (Å²) in [6, 6.07) is 11.7. The second-order valence-electron chi connectivity index (χ2n) is 11.1. The smallest absolute Gasteiger partial charge is 0.275 e. The second kappa shape index (κ2) is 13.6. The zero-order chi connectivity index (χ0) is 32.1. The quantitative estimate of drug-likeness (QED) is 0.353. The maximum atomic E-state index is 13.7. The number of carbonyl (C=O) groups excluding carboxylic acids is 3. The summed E-state index contributed by atoms with van der Waals surface area (Å²) in [5, 5.41) is 11.2. The molecule has 0 radical (unpaired) electrons. The van der Waals surface area contributed by atoms with Crippen molar-refractivity contribution in [1.82, 2.24) is 34.9 Å². The molecule has 236 valence electrons. The third kappa shape index (κ3) is 6.97. The van der Waals surface area contributed by atoms with Gasteiger partial charge in [0.25, 0.3) is 5.56 Å². The first-order valence-corrected chi connectivity index (χ1v) is 14.8. The van der Waals surface area contributed by atoms with Gasteiger partial charge in [-0.2, -0.15) is 5.10 Å². The molecule has 3 heterocycles. The summed E-state index contributed by atoms with van der Waals surface area (Å²) in [6.07, 6.45) is 3.50. The van der Waals surface area contributed by atoms with Gasteiger partial charge in [0.1, 0.15) is 25.0 Å². The van der Waals surface area contributed by atoms with Crippen LogP contribution in [0.5, 0.6) is 11.5 Å². The molecule has 3 amide bonds. The Kier molecular flexibility index (Phi) is 9.45. The van der Waals surface area contributed by atoms with Crippen LogP contribution >= 0.6 is 0 Å². The molecule has 4 aromatic rings. The van der Waals surface area contributed by atoms with Crippen LogP contribution in [0.15, 0.2) is 59.7 Å². The van der Waals surface area contributed by atoms with Crippen molar-refractivity contribution in [1.29, 1.82) is 0 Å². The maximum Gasteiger partial charge on any atom is 0.275 e. The molecule has 0 saturated carbocycles. The van der Waals surface area contributed by atoms with E-state index < -0.39 is 23.4 Å². The Morgan fingerprint density at radius 2 is 1.89 bits per heavy atom. The van der Waals surface area contributed by atoms with E-state index in [0.717, 1.165) is 10.2 Å². The molecule has 1 atom stereocenters. The summed E-state index contributed by atoms with van der Waals surface area (Å²) >= 11 is 0. The average molecular weight is 616 g/mol. The predicted octanol–water partition coefficient (Wildman–Crippen LogP) is 1.76. The molecule has 5 rings (SSSR count). The highest BCUT2D eigenvalue weighted by molar-refractivity contribution is 5.90. The molecular formula is C32H37N7O6. The van der Waals surface area contributed by atoms with Crippen molar-refractivity contribution in [2.45, 2.75) is 39.9 Å². The Hall–Kier alpha value is -5.20. The second-order valence-corrected chi connectivity index (χ2v) is 11.1. The van der Waals surface area contributed by atoms with Gasteiger partial charge in [-0.05, 0) is 37.1 Å². The topological polar surface area (TPSA) is 150 Å². The number of hydrogen-bond donors (Lipinski definition) is 2. The summed E-state index contributed by atoms with van der Waals surface area (Å²) in [4.78, 5) is 59.1. The molecule has 1 aliphatic heterocycles. The van der Waals surface area contributed by atoms with E-state index in [-0.39, 0.29) is 38.1 Å². The van der Waals surface area contributed by atoms with Gasteiger partial charge in [0.15, 0.2) is 11.5 Å². The SMILES string of the molecule is COc1ccc2cc1OCCN(C(=O)Cn1nc(C)c3ccccc3c1=O)CC(=O)N[C@H](C(C)C)C(=O)NCCn1ccnc1-2. The van der Waals surface area contributed by atoms with Gasteiger partial charge in [-0.1, -0.05) is 32.0 Å². The molecule has 2 N–H and O–H groups in total. The highest BCUT2D eigenvalue weighted by atomic mass is 16.5. The molecule has 13 heteroatoms. The fourth-order valence-corrected chi connectivity index (χ4v) is 5.31. The Morgan fingerprint density at radius 1 is 1.11 bits per heavy atom. The molecule has 45 heavy (non-hydrogen) atoms. The largest absolute Gasteiger partial charge is 0.493 e. The van der Waals surface area contributed by atoms with Gasteiger partial charge in [-0.25, -0.2) is 9.67 Å². The molecule has 0 saturated heterocycles. The molecule has 0 fully saturated rings. The van der Waals surface area contributed by atoms with E-state index in [2.05, 4.69) is 20.7 Å². The molecule has 2 bridgehead atoms. The number of fused-ring (bicyclic) bond motifs is 5. The lowest BCUT2D eigenvalue weighted by Crippen LogP contribution is -2.53. The van der Waals surface area contributed by atoms with Crippen LogP contribution in [-0.2, 0) is 27.5 Å². The van der Waals surface area contributed by atoms with Crippen molar-refractivity contribution in [3.63, 3.8) is 0 Å².